The molecule has 0 spiro atoms. The number of hydrogen-bond acceptors (Lipinski definition) is 10. The second kappa shape index (κ2) is 14.6. The third-order valence-corrected chi connectivity index (χ3v) is 9.83. The maximum atomic E-state index is 15.4. The van der Waals surface area contributed by atoms with Crippen molar-refractivity contribution in [3.05, 3.63) is 53.9 Å². The number of methoxy groups -OCH3 is 2. The highest BCUT2D eigenvalue weighted by atomic mass is 32.2. The van der Waals surface area contributed by atoms with Gasteiger partial charge in [-0.1, -0.05) is 0 Å². The number of benzene rings is 2. The summed E-state index contributed by atoms with van der Waals surface area (Å²) in [6.45, 7) is 5.25. The number of ether oxygens (including phenoxy) is 4. The van der Waals surface area contributed by atoms with E-state index in [1.807, 2.05) is 0 Å². The fourth-order valence-electron chi connectivity index (χ4n) is 5.01. The first-order valence-corrected chi connectivity index (χ1v) is 16.6. The van der Waals surface area contributed by atoms with E-state index in [0.29, 0.717) is 29.5 Å². The van der Waals surface area contributed by atoms with Gasteiger partial charge in [-0.15, -0.1) is 0 Å². The van der Waals surface area contributed by atoms with Gasteiger partial charge in [-0.2, -0.15) is 4.37 Å². The molecule has 0 bridgehead atoms. The Hall–Kier alpha value is -3.72. The maximum Gasteiger partial charge on any atom is 0.407 e. The number of anilines is 1. The molecule has 45 heavy (non-hydrogen) atoms. The molecular formula is C30H38F2N4O7S2. The molecule has 0 atom stereocenters. The van der Waals surface area contributed by atoms with Crippen LogP contribution in [0.3, 0.4) is 0 Å². The van der Waals surface area contributed by atoms with Crippen LogP contribution in [0.5, 0.6) is 17.2 Å². The monoisotopic (exact) mass is 668 g/mol. The van der Waals surface area contributed by atoms with Crippen LogP contribution in [0.15, 0.2) is 41.6 Å². The SMILES string of the molecule is COc1ccc(CN(c2ncns2)S(=O)(=O)c2cc(F)c(OCCC3CCC(NC(=O)OC(C)(C)C)CC3)cc2F)c(OC)c1. The lowest BCUT2D eigenvalue weighted by Crippen LogP contribution is -2.41. The number of alkyl carbamates (subject to hydrolysis) is 1. The van der Waals surface area contributed by atoms with Crippen molar-refractivity contribution < 1.29 is 40.9 Å². The summed E-state index contributed by atoms with van der Waals surface area (Å²) in [6.07, 6.45) is 4.53. The summed E-state index contributed by atoms with van der Waals surface area (Å²) in [6, 6.07) is 6.20. The number of amides is 1. The molecule has 1 aliphatic rings. The minimum Gasteiger partial charge on any atom is -0.497 e. The first kappa shape index (κ1) is 34.2. The fraction of sp³-hybridized carbons (Fsp3) is 0.500. The molecule has 1 saturated carbocycles. The molecule has 11 nitrogen and oxygen atoms in total. The quantitative estimate of drug-likeness (QED) is 0.244. The van der Waals surface area contributed by atoms with Gasteiger partial charge in [0.15, 0.2) is 11.6 Å². The number of rotatable bonds is 12. The smallest absolute Gasteiger partial charge is 0.407 e. The van der Waals surface area contributed by atoms with E-state index in [1.165, 1.54) is 20.5 Å². The lowest BCUT2D eigenvalue weighted by Gasteiger charge is -2.30. The van der Waals surface area contributed by atoms with Crippen molar-refractivity contribution in [2.24, 2.45) is 5.92 Å². The Bertz CT molecular complexity index is 1560. The van der Waals surface area contributed by atoms with Gasteiger partial charge in [0, 0.05) is 41.3 Å². The molecule has 1 amide bonds. The number of nitrogens with one attached hydrogen (secondary N) is 1. The van der Waals surface area contributed by atoms with E-state index in [1.54, 1.807) is 39.0 Å². The number of hydrogen-bond donors (Lipinski definition) is 1. The Kier molecular flexibility index (Phi) is 11.1. The standard InChI is InChI=1S/C30H38F2N4O7S2/c1-30(2,3)43-29(37)35-21-9-6-19(7-10-21)12-13-42-26-15-24(32)27(16-23(26)31)45(38,39)36(28-33-18-34-44-28)17-20-8-11-22(40-4)14-25(20)41-5/h8,11,14-16,18-19,21H,6-7,9-10,12-13,17H2,1-5H3,(H,35,37). The lowest BCUT2D eigenvalue weighted by atomic mass is 9.84. The normalized spacial score (nSPS) is 17.0. The van der Waals surface area contributed by atoms with Crippen LogP contribution in [-0.4, -0.2) is 56.3 Å². The van der Waals surface area contributed by atoms with Gasteiger partial charge in [-0.25, -0.2) is 31.3 Å². The van der Waals surface area contributed by atoms with Crippen LogP contribution in [0.1, 0.15) is 58.4 Å². The van der Waals surface area contributed by atoms with Gasteiger partial charge in [0.25, 0.3) is 10.0 Å². The molecule has 1 heterocycles. The number of aromatic nitrogens is 2. The molecule has 1 aliphatic carbocycles. The molecule has 0 radical (unpaired) electrons. The van der Waals surface area contributed by atoms with Crippen molar-refractivity contribution in [3.8, 4) is 17.2 Å². The summed E-state index contributed by atoms with van der Waals surface area (Å²) in [5.74, 6) is -1.46. The first-order valence-electron chi connectivity index (χ1n) is 14.4. The lowest BCUT2D eigenvalue weighted by molar-refractivity contribution is 0.0485. The number of halogens is 2. The third kappa shape index (κ3) is 8.93. The molecular weight excluding hydrogens is 630 g/mol. The largest absolute Gasteiger partial charge is 0.497 e. The zero-order chi connectivity index (χ0) is 32.8. The molecule has 0 aliphatic heterocycles. The molecule has 246 valence electrons. The molecule has 1 aromatic heterocycles. The summed E-state index contributed by atoms with van der Waals surface area (Å²) in [7, 11) is -1.75. The number of carbonyl (C=O) groups is 1. The summed E-state index contributed by atoms with van der Waals surface area (Å²) in [5.41, 5.74) is -0.133. The summed E-state index contributed by atoms with van der Waals surface area (Å²) in [4.78, 5) is 15.2. The van der Waals surface area contributed by atoms with E-state index in [2.05, 4.69) is 14.7 Å². The van der Waals surface area contributed by atoms with E-state index < -0.39 is 38.2 Å². The number of carbonyl (C=O) groups excluding carboxylic acids is 1. The van der Waals surface area contributed by atoms with Gasteiger partial charge in [-0.3, -0.25) is 0 Å². The van der Waals surface area contributed by atoms with Crippen molar-refractivity contribution >= 4 is 32.8 Å². The van der Waals surface area contributed by atoms with Gasteiger partial charge in [0.05, 0.1) is 27.4 Å². The van der Waals surface area contributed by atoms with Crippen LogP contribution in [0.2, 0.25) is 0 Å². The molecule has 0 saturated heterocycles. The minimum absolute atomic E-state index is 0.0172. The Morgan fingerprint density at radius 3 is 2.40 bits per heavy atom. The van der Waals surface area contributed by atoms with E-state index in [4.69, 9.17) is 18.9 Å². The van der Waals surface area contributed by atoms with Crippen molar-refractivity contribution in [2.45, 2.75) is 76.0 Å². The fourth-order valence-corrected chi connectivity index (χ4v) is 7.20. The topological polar surface area (TPSA) is 129 Å². The Labute approximate surface area is 266 Å². The van der Waals surface area contributed by atoms with E-state index in [-0.39, 0.29) is 36.0 Å². The first-order chi connectivity index (χ1) is 21.3. The van der Waals surface area contributed by atoms with Crippen LogP contribution in [-0.2, 0) is 21.3 Å². The predicted octanol–water partition coefficient (Wildman–Crippen LogP) is 6.08. The van der Waals surface area contributed by atoms with Gasteiger partial charge in [-0.05, 0) is 70.9 Å². The van der Waals surface area contributed by atoms with Gasteiger partial charge < -0.3 is 24.3 Å². The summed E-state index contributed by atoms with van der Waals surface area (Å²) >= 11 is 0.788. The molecule has 4 rings (SSSR count). The molecule has 1 N–H and O–H groups in total. The van der Waals surface area contributed by atoms with Crippen LogP contribution in [0, 0.1) is 17.6 Å². The third-order valence-electron chi connectivity index (χ3n) is 7.28. The summed E-state index contributed by atoms with van der Waals surface area (Å²) in [5, 5.41) is 2.86. The van der Waals surface area contributed by atoms with Gasteiger partial charge in [0.1, 0.15) is 34.1 Å². The Balaban J connectivity index is 1.41. The minimum atomic E-state index is -4.65. The Morgan fingerprint density at radius 1 is 1.04 bits per heavy atom. The molecule has 0 unspecified atom stereocenters. The molecule has 1 fully saturated rings. The summed E-state index contributed by atoms with van der Waals surface area (Å²) < 4.78 is 84.2. The highest BCUT2D eigenvalue weighted by molar-refractivity contribution is 7.93. The van der Waals surface area contributed by atoms with E-state index in [9.17, 15) is 13.2 Å². The molecule has 3 aromatic rings. The van der Waals surface area contributed by atoms with Gasteiger partial charge in [0.2, 0.25) is 5.13 Å². The van der Waals surface area contributed by atoms with E-state index in [0.717, 1.165) is 47.6 Å². The van der Waals surface area contributed by atoms with Gasteiger partial charge >= 0.3 is 6.09 Å². The average molecular weight is 669 g/mol. The van der Waals surface area contributed by atoms with Crippen molar-refractivity contribution in [1.82, 2.24) is 14.7 Å². The zero-order valence-corrected chi connectivity index (χ0v) is 27.5. The zero-order valence-electron chi connectivity index (χ0n) is 25.8. The second-order valence-electron chi connectivity index (χ2n) is 11.6. The van der Waals surface area contributed by atoms with Crippen LogP contribution < -0.4 is 23.8 Å². The van der Waals surface area contributed by atoms with Crippen LogP contribution in [0.4, 0.5) is 18.7 Å². The second-order valence-corrected chi connectivity index (χ2v) is 14.2. The number of nitrogens with zero attached hydrogens (tertiary/aromatic N) is 3. The van der Waals surface area contributed by atoms with Crippen molar-refractivity contribution in [1.29, 1.82) is 0 Å². The van der Waals surface area contributed by atoms with Crippen LogP contribution in [0.25, 0.3) is 0 Å². The number of sulfonamides is 1. The highest BCUT2D eigenvalue weighted by Gasteiger charge is 2.33. The molecule has 2 aromatic carbocycles. The highest BCUT2D eigenvalue weighted by Crippen LogP contribution is 2.34. The van der Waals surface area contributed by atoms with Crippen LogP contribution >= 0.6 is 11.5 Å². The average Bonchev–Trinajstić information content (AvgIpc) is 3.51. The maximum absolute atomic E-state index is 15.4. The van der Waals surface area contributed by atoms with Crippen molar-refractivity contribution in [3.63, 3.8) is 0 Å². The van der Waals surface area contributed by atoms with E-state index >= 15 is 8.78 Å². The predicted molar refractivity (Wildman–Crippen MR) is 164 cm³/mol. The van der Waals surface area contributed by atoms with Crippen molar-refractivity contribution in [2.75, 3.05) is 25.1 Å². The Morgan fingerprint density at radius 2 is 1.78 bits per heavy atom. The molecule has 15 heteroatoms.